The maximum absolute atomic E-state index is 13.5. The highest BCUT2D eigenvalue weighted by Gasteiger charge is 2.11. The van der Waals surface area contributed by atoms with Gasteiger partial charge in [-0.05, 0) is 24.7 Å². The molecule has 0 atom stereocenters. The van der Waals surface area contributed by atoms with Crippen LogP contribution in [-0.2, 0) is 6.42 Å². The van der Waals surface area contributed by atoms with Gasteiger partial charge in [-0.1, -0.05) is 6.92 Å². The molecule has 0 fully saturated rings. The van der Waals surface area contributed by atoms with Crippen molar-refractivity contribution in [2.45, 2.75) is 13.3 Å². The third-order valence-electron chi connectivity index (χ3n) is 2.51. The Morgan fingerprint density at radius 2 is 2.17 bits per heavy atom. The normalized spacial score (nSPS) is 10.8. The lowest BCUT2D eigenvalue weighted by atomic mass is 10.2. The van der Waals surface area contributed by atoms with Crippen LogP contribution in [0.25, 0.3) is 11.3 Å². The van der Waals surface area contributed by atoms with Gasteiger partial charge in [0.15, 0.2) is 11.7 Å². The number of rotatable bonds is 5. The number of halogens is 2. The van der Waals surface area contributed by atoms with Gasteiger partial charge in [0.1, 0.15) is 11.6 Å². The van der Waals surface area contributed by atoms with Crippen molar-refractivity contribution in [2.75, 3.05) is 13.1 Å². The summed E-state index contributed by atoms with van der Waals surface area (Å²) in [6.07, 6.45) is 2.03. The van der Waals surface area contributed by atoms with Crippen LogP contribution in [0.4, 0.5) is 8.78 Å². The highest BCUT2D eigenvalue weighted by Crippen LogP contribution is 2.24. The standard InChI is InChI=1S/C13H14F2N2O/c1-2-16-6-5-13-17-8-12(18-13)10-7-9(14)3-4-11(10)15/h3-4,7-8,16H,2,5-6H2,1H3. The summed E-state index contributed by atoms with van der Waals surface area (Å²) < 4.78 is 31.9. The molecule has 2 rings (SSSR count). The largest absolute Gasteiger partial charge is 0.441 e. The van der Waals surface area contributed by atoms with E-state index >= 15 is 0 Å². The van der Waals surface area contributed by atoms with E-state index in [4.69, 9.17) is 4.42 Å². The first kappa shape index (κ1) is 12.7. The van der Waals surface area contributed by atoms with Gasteiger partial charge in [0.25, 0.3) is 0 Å². The molecule has 0 radical (unpaired) electrons. The monoisotopic (exact) mass is 252 g/mol. The van der Waals surface area contributed by atoms with Crippen LogP contribution in [0.5, 0.6) is 0 Å². The molecule has 0 aliphatic carbocycles. The summed E-state index contributed by atoms with van der Waals surface area (Å²) >= 11 is 0. The molecule has 0 amide bonds. The fourth-order valence-electron chi connectivity index (χ4n) is 1.61. The molecule has 18 heavy (non-hydrogen) atoms. The zero-order valence-corrected chi connectivity index (χ0v) is 10.0. The molecular weight excluding hydrogens is 238 g/mol. The third kappa shape index (κ3) is 2.92. The van der Waals surface area contributed by atoms with Crippen molar-refractivity contribution in [1.82, 2.24) is 10.3 Å². The molecule has 0 aliphatic heterocycles. The SMILES string of the molecule is CCNCCc1ncc(-c2cc(F)ccc2F)o1. The summed E-state index contributed by atoms with van der Waals surface area (Å²) in [6.45, 7) is 3.61. The molecule has 5 heteroatoms. The Bertz CT molecular complexity index is 525. The van der Waals surface area contributed by atoms with E-state index in [9.17, 15) is 8.78 Å². The molecular formula is C13H14F2N2O. The molecule has 0 aliphatic rings. The predicted molar refractivity (Wildman–Crippen MR) is 64.1 cm³/mol. The molecule has 0 unspecified atom stereocenters. The minimum atomic E-state index is -0.522. The minimum Gasteiger partial charge on any atom is -0.441 e. The second-order valence-corrected chi connectivity index (χ2v) is 3.85. The van der Waals surface area contributed by atoms with Crippen molar-refractivity contribution in [1.29, 1.82) is 0 Å². The average Bonchev–Trinajstić information content (AvgIpc) is 2.81. The van der Waals surface area contributed by atoms with E-state index in [0.717, 1.165) is 31.3 Å². The average molecular weight is 252 g/mol. The molecule has 1 heterocycles. The van der Waals surface area contributed by atoms with Gasteiger partial charge in [0.2, 0.25) is 0 Å². The van der Waals surface area contributed by atoms with E-state index in [2.05, 4.69) is 10.3 Å². The molecule has 1 aromatic heterocycles. The Balaban J connectivity index is 2.16. The van der Waals surface area contributed by atoms with E-state index in [-0.39, 0.29) is 11.3 Å². The lowest BCUT2D eigenvalue weighted by Gasteiger charge is -1.99. The number of benzene rings is 1. The number of nitrogens with one attached hydrogen (secondary N) is 1. The van der Waals surface area contributed by atoms with Crippen molar-refractivity contribution in [3.05, 3.63) is 41.9 Å². The summed E-state index contributed by atoms with van der Waals surface area (Å²) in [5.74, 6) is -0.268. The Morgan fingerprint density at radius 1 is 1.33 bits per heavy atom. The molecule has 0 bridgehead atoms. The van der Waals surface area contributed by atoms with Crippen LogP contribution in [0, 0.1) is 11.6 Å². The summed E-state index contributed by atoms with van der Waals surface area (Å²) in [4.78, 5) is 4.04. The Labute approximate surface area is 104 Å². The maximum atomic E-state index is 13.5. The summed E-state index contributed by atoms with van der Waals surface area (Å²) in [6, 6.07) is 3.25. The van der Waals surface area contributed by atoms with E-state index in [1.165, 1.54) is 6.20 Å². The van der Waals surface area contributed by atoms with Gasteiger partial charge in [-0.25, -0.2) is 13.8 Å². The smallest absolute Gasteiger partial charge is 0.196 e. The second kappa shape index (κ2) is 5.73. The van der Waals surface area contributed by atoms with Crippen LogP contribution in [0.1, 0.15) is 12.8 Å². The minimum absolute atomic E-state index is 0.0946. The van der Waals surface area contributed by atoms with E-state index in [1.807, 2.05) is 6.92 Å². The number of nitrogens with zero attached hydrogens (tertiary/aromatic N) is 1. The molecule has 0 saturated carbocycles. The number of hydrogen-bond donors (Lipinski definition) is 1. The summed E-state index contributed by atoms with van der Waals surface area (Å²) in [5, 5.41) is 3.13. The lowest BCUT2D eigenvalue weighted by molar-refractivity contribution is 0.493. The van der Waals surface area contributed by atoms with Gasteiger partial charge in [0.05, 0.1) is 11.8 Å². The fraction of sp³-hybridized carbons (Fsp3) is 0.308. The lowest BCUT2D eigenvalue weighted by Crippen LogP contribution is -2.16. The van der Waals surface area contributed by atoms with E-state index < -0.39 is 11.6 Å². The van der Waals surface area contributed by atoms with Crippen LogP contribution >= 0.6 is 0 Å². The zero-order chi connectivity index (χ0) is 13.0. The first-order valence-corrected chi connectivity index (χ1v) is 5.81. The quantitative estimate of drug-likeness (QED) is 0.831. The van der Waals surface area contributed by atoms with Crippen molar-refractivity contribution in [2.24, 2.45) is 0 Å². The highest BCUT2D eigenvalue weighted by molar-refractivity contribution is 5.57. The van der Waals surface area contributed by atoms with Crippen molar-refractivity contribution in [3.8, 4) is 11.3 Å². The molecule has 3 nitrogen and oxygen atoms in total. The van der Waals surface area contributed by atoms with Crippen LogP contribution in [0.2, 0.25) is 0 Å². The molecule has 2 aromatic rings. The van der Waals surface area contributed by atoms with Crippen LogP contribution in [-0.4, -0.2) is 18.1 Å². The van der Waals surface area contributed by atoms with Crippen molar-refractivity contribution in [3.63, 3.8) is 0 Å². The van der Waals surface area contributed by atoms with Crippen molar-refractivity contribution < 1.29 is 13.2 Å². The predicted octanol–water partition coefficient (Wildman–Crippen LogP) is 2.77. The first-order chi connectivity index (χ1) is 8.70. The van der Waals surface area contributed by atoms with E-state index in [0.29, 0.717) is 12.3 Å². The molecule has 1 N–H and O–H groups in total. The van der Waals surface area contributed by atoms with Crippen LogP contribution < -0.4 is 5.32 Å². The number of likely N-dealkylation sites (N-methyl/N-ethyl adjacent to an activating group) is 1. The summed E-state index contributed by atoms with van der Waals surface area (Å²) in [5.41, 5.74) is 0.0946. The summed E-state index contributed by atoms with van der Waals surface area (Å²) in [7, 11) is 0. The van der Waals surface area contributed by atoms with Gasteiger partial charge < -0.3 is 9.73 Å². The molecule has 1 aromatic carbocycles. The number of aromatic nitrogens is 1. The number of hydrogen-bond acceptors (Lipinski definition) is 3. The molecule has 96 valence electrons. The van der Waals surface area contributed by atoms with Gasteiger partial charge in [-0.3, -0.25) is 0 Å². The Kier molecular flexibility index (Phi) is 4.04. The maximum Gasteiger partial charge on any atom is 0.196 e. The van der Waals surface area contributed by atoms with Gasteiger partial charge in [-0.15, -0.1) is 0 Å². The van der Waals surface area contributed by atoms with Gasteiger partial charge >= 0.3 is 0 Å². The van der Waals surface area contributed by atoms with Crippen LogP contribution in [0.15, 0.2) is 28.8 Å². The fourth-order valence-corrected chi connectivity index (χ4v) is 1.61. The first-order valence-electron chi connectivity index (χ1n) is 5.81. The van der Waals surface area contributed by atoms with Gasteiger partial charge in [-0.2, -0.15) is 0 Å². The van der Waals surface area contributed by atoms with Gasteiger partial charge in [0, 0.05) is 13.0 Å². The molecule has 0 spiro atoms. The second-order valence-electron chi connectivity index (χ2n) is 3.85. The van der Waals surface area contributed by atoms with Crippen LogP contribution in [0.3, 0.4) is 0 Å². The highest BCUT2D eigenvalue weighted by atomic mass is 19.1. The third-order valence-corrected chi connectivity index (χ3v) is 2.51. The Hall–Kier alpha value is -1.75. The van der Waals surface area contributed by atoms with Crippen molar-refractivity contribution >= 4 is 0 Å². The Morgan fingerprint density at radius 3 is 2.94 bits per heavy atom. The topological polar surface area (TPSA) is 38.1 Å². The molecule has 0 saturated heterocycles. The zero-order valence-electron chi connectivity index (χ0n) is 10.0. The number of oxazole rings is 1. The van der Waals surface area contributed by atoms with E-state index in [1.54, 1.807) is 0 Å².